The number of nitrogen functional groups attached to an aromatic ring is 1. The summed E-state index contributed by atoms with van der Waals surface area (Å²) in [5.74, 6) is 5.20. The van der Waals surface area contributed by atoms with Crippen LogP contribution in [0.3, 0.4) is 0 Å². The topological polar surface area (TPSA) is 99.0 Å². The second kappa shape index (κ2) is 4.62. The van der Waals surface area contributed by atoms with Crippen molar-refractivity contribution in [3.8, 4) is 0 Å². The zero-order valence-corrected chi connectivity index (χ0v) is 8.91. The molecule has 0 spiro atoms. The molecule has 0 amide bonds. The molecule has 0 bridgehead atoms. The molecule has 17 heavy (non-hydrogen) atoms. The molecule has 3 N–H and O–H groups in total. The van der Waals surface area contributed by atoms with Crippen LogP contribution in [0.4, 0.5) is 11.4 Å². The van der Waals surface area contributed by atoms with Gasteiger partial charge in [0.25, 0.3) is 5.69 Å². The van der Waals surface area contributed by atoms with Gasteiger partial charge in [-0.3, -0.25) is 20.6 Å². The van der Waals surface area contributed by atoms with E-state index in [9.17, 15) is 10.1 Å². The summed E-state index contributed by atoms with van der Waals surface area (Å²) < 4.78 is 1.69. The molecule has 7 nitrogen and oxygen atoms in total. The fourth-order valence-corrected chi connectivity index (χ4v) is 1.53. The molecule has 1 aromatic carbocycles. The number of hydrogen-bond acceptors (Lipinski definition) is 5. The van der Waals surface area contributed by atoms with Crippen LogP contribution in [0.1, 0.15) is 5.56 Å². The standard InChI is InChI=1S/C10H11N5O2/c11-13-9-3-2-8(6-10(9)15(16)17)7-14-5-1-4-12-14/h1-6,13H,7,11H2. The van der Waals surface area contributed by atoms with Crippen LogP contribution in [0.2, 0.25) is 0 Å². The zero-order valence-electron chi connectivity index (χ0n) is 8.91. The number of nitro groups is 1. The van der Waals surface area contributed by atoms with Crippen LogP contribution >= 0.6 is 0 Å². The van der Waals surface area contributed by atoms with E-state index in [4.69, 9.17) is 5.84 Å². The van der Waals surface area contributed by atoms with Gasteiger partial charge in [0.1, 0.15) is 5.69 Å². The largest absolute Gasteiger partial charge is 0.318 e. The predicted molar refractivity (Wildman–Crippen MR) is 62.2 cm³/mol. The Morgan fingerprint density at radius 3 is 2.94 bits per heavy atom. The highest BCUT2D eigenvalue weighted by atomic mass is 16.6. The summed E-state index contributed by atoms with van der Waals surface area (Å²) in [6, 6.07) is 6.63. The molecule has 0 atom stereocenters. The third-order valence-corrected chi connectivity index (χ3v) is 2.32. The molecule has 1 heterocycles. The highest BCUT2D eigenvalue weighted by Crippen LogP contribution is 2.24. The van der Waals surface area contributed by atoms with Gasteiger partial charge in [0.05, 0.1) is 11.5 Å². The summed E-state index contributed by atoms with van der Waals surface area (Å²) in [6.07, 6.45) is 3.45. The molecular formula is C10H11N5O2. The van der Waals surface area contributed by atoms with Crippen molar-refractivity contribution in [2.75, 3.05) is 5.43 Å². The minimum absolute atomic E-state index is 0.0443. The highest BCUT2D eigenvalue weighted by Gasteiger charge is 2.13. The molecule has 0 saturated heterocycles. The van der Waals surface area contributed by atoms with Crippen LogP contribution in [0.25, 0.3) is 0 Å². The molecule has 88 valence electrons. The summed E-state index contributed by atoms with van der Waals surface area (Å²) in [7, 11) is 0. The molecule has 0 aliphatic rings. The lowest BCUT2D eigenvalue weighted by molar-refractivity contribution is -0.384. The number of nitrogens with zero attached hydrogens (tertiary/aromatic N) is 3. The monoisotopic (exact) mass is 233 g/mol. The number of nitro benzene ring substituents is 1. The van der Waals surface area contributed by atoms with Gasteiger partial charge in [0.2, 0.25) is 0 Å². The Balaban J connectivity index is 2.30. The van der Waals surface area contributed by atoms with Gasteiger partial charge in [-0.1, -0.05) is 6.07 Å². The minimum Gasteiger partial charge on any atom is -0.318 e. The molecule has 7 heteroatoms. The number of hydrogen-bond donors (Lipinski definition) is 2. The average Bonchev–Trinajstić information content (AvgIpc) is 2.81. The normalized spacial score (nSPS) is 10.2. The zero-order chi connectivity index (χ0) is 12.3. The first-order chi connectivity index (χ1) is 8.20. The predicted octanol–water partition coefficient (Wildman–Crippen LogP) is 1.13. The van der Waals surface area contributed by atoms with Gasteiger partial charge in [-0.25, -0.2) is 0 Å². The summed E-state index contributed by atoms with van der Waals surface area (Å²) in [6.45, 7) is 0.485. The Hall–Kier alpha value is -2.41. The number of rotatable bonds is 4. The molecular weight excluding hydrogens is 222 g/mol. The molecule has 0 radical (unpaired) electrons. The van der Waals surface area contributed by atoms with E-state index in [0.717, 1.165) is 5.56 Å². The van der Waals surface area contributed by atoms with E-state index in [1.165, 1.54) is 6.07 Å². The van der Waals surface area contributed by atoms with Crippen molar-refractivity contribution in [2.24, 2.45) is 5.84 Å². The lowest BCUT2D eigenvalue weighted by Crippen LogP contribution is -2.09. The van der Waals surface area contributed by atoms with Crippen molar-refractivity contribution < 1.29 is 4.92 Å². The van der Waals surface area contributed by atoms with Crippen LogP contribution in [-0.4, -0.2) is 14.7 Å². The van der Waals surface area contributed by atoms with Gasteiger partial charge in [-0.05, 0) is 17.7 Å². The number of nitrogens with one attached hydrogen (secondary N) is 1. The lowest BCUT2D eigenvalue weighted by atomic mass is 10.1. The Bertz CT molecular complexity index is 523. The van der Waals surface area contributed by atoms with Crippen molar-refractivity contribution in [1.82, 2.24) is 9.78 Å². The Morgan fingerprint density at radius 1 is 1.53 bits per heavy atom. The number of aromatic nitrogens is 2. The number of benzene rings is 1. The fourth-order valence-electron chi connectivity index (χ4n) is 1.53. The first-order valence-corrected chi connectivity index (χ1v) is 4.92. The number of anilines is 1. The molecule has 2 aromatic rings. The van der Waals surface area contributed by atoms with Crippen LogP contribution in [0.5, 0.6) is 0 Å². The SMILES string of the molecule is NNc1ccc(Cn2cccn2)cc1[N+](=O)[O-]. The third kappa shape index (κ3) is 2.40. The van der Waals surface area contributed by atoms with Crippen LogP contribution in [-0.2, 0) is 6.54 Å². The molecule has 2 rings (SSSR count). The van der Waals surface area contributed by atoms with E-state index in [-0.39, 0.29) is 5.69 Å². The highest BCUT2D eigenvalue weighted by molar-refractivity contribution is 5.61. The fraction of sp³-hybridized carbons (Fsp3) is 0.100. The molecule has 0 aliphatic carbocycles. The molecule has 0 unspecified atom stereocenters. The number of nitrogens with two attached hydrogens (primary N) is 1. The summed E-state index contributed by atoms with van der Waals surface area (Å²) in [4.78, 5) is 10.4. The maximum Gasteiger partial charge on any atom is 0.293 e. The van der Waals surface area contributed by atoms with E-state index < -0.39 is 4.92 Å². The Labute approximate surface area is 97.0 Å². The Kier molecular flexibility index (Phi) is 3.01. The first kappa shape index (κ1) is 11.1. The average molecular weight is 233 g/mol. The second-order valence-electron chi connectivity index (χ2n) is 3.46. The van der Waals surface area contributed by atoms with Gasteiger partial charge in [-0.2, -0.15) is 5.10 Å². The van der Waals surface area contributed by atoms with E-state index in [1.807, 2.05) is 0 Å². The van der Waals surface area contributed by atoms with Crippen LogP contribution in [0, 0.1) is 10.1 Å². The van der Waals surface area contributed by atoms with Gasteiger partial charge in [0, 0.05) is 18.5 Å². The lowest BCUT2D eigenvalue weighted by Gasteiger charge is -2.05. The number of hydrazine groups is 1. The van der Waals surface area contributed by atoms with Gasteiger partial charge in [0.15, 0.2) is 0 Å². The van der Waals surface area contributed by atoms with E-state index >= 15 is 0 Å². The molecule has 1 aromatic heterocycles. The van der Waals surface area contributed by atoms with Crippen molar-refractivity contribution in [2.45, 2.75) is 6.54 Å². The molecule has 0 aliphatic heterocycles. The smallest absolute Gasteiger partial charge is 0.293 e. The first-order valence-electron chi connectivity index (χ1n) is 4.92. The summed E-state index contributed by atoms with van der Waals surface area (Å²) in [5.41, 5.74) is 3.34. The molecule has 0 saturated carbocycles. The quantitative estimate of drug-likeness (QED) is 0.468. The Morgan fingerprint density at radius 2 is 2.35 bits per heavy atom. The van der Waals surface area contributed by atoms with Crippen molar-refractivity contribution in [3.05, 3.63) is 52.3 Å². The maximum atomic E-state index is 10.8. The molecule has 0 fully saturated rings. The van der Waals surface area contributed by atoms with E-state index in [1.54, 1.807) is 35.3 Å². The van der Waals surface area contributed by atoms with Crippen LogP contribution < -0.4 is 11.3 Å². The summed E-state index contributed by atoms with van der Waals surface area (Å²) >= 11 is 0. The van der Waals surface area contributed by atoms with Gasteiger partial charge in [-0.15, -0.1) is 0 Å². The minimum atomic E-state index is -0.470. The van der Waals surface area contributed by atoms with E-state index in [2.05, 4.69) is 10.5 Å². The van der Waals surface area contributed by atoms with Crippen molar-refractivity contribution in [3.63, 3.8) is 0 Å². The van der Waals surface area contributed by atoms with Crippen LogP contribution in [0.15, 0.2) is 36.7 Å². The third-order valence-electron chi connectivity index (χ3n) is 2.32. The van der Waals surface area contributed by atoms with Gasteiger partial charge < -0.3 is 5.43 Å². The maximum absolute atomic E-state index is 10.8. The van der Waals surface area contributed by atoms with Crippen molar-refractivity contribution >= 4 is 11.4 Å². The summed E-state index contributed by atoms with van der Waals surface area (Å²) in [5, 5.41) is 14.9. The second-order valence-corrected chi connectivity index (χ2v) is 3.46. The van der Waals surface area contributed by atoms with Gasteiger partial charge >= 0.3 is 0 Å². The van der Waals surface area contributed by atoms with Crippen molar-refractivity contribution in [1.29, 1.82) is 0 Å². The van der Waals surface area contributed by atoms with E-state index in [0.29, 0.717) is 12.2 Å².